The summed E-state index contributed by atoms with van der Waals surface area (Å²) in [4.78, 5) is 24.3. The zero-order valence-corrected chi connectivity index (χ0v) is 11.6. The van der Waals surface area contributed by atoms with Gasteiger partial charge >= 0.3 is 0 Å². The van der Waals surface area contributed by atoms with Crippen molar-refractivity contribution in [1.82, 2.24) is 24.8 Å². The molecule has 2 N–H and O–H groups in total. The molecule has 0 atom stereocenters. The Balaban J connectivity index is 1.88. The van der Waals surface area contributed by atoms with E-state index in [4.69, 9.17) is 0 Å². The lowest BCUT2D eigenvalue weighted by Crippen LogP contribution is -2.27. The van der Waals surface area contributed by atoms with Gasteiger partial charge in [0.1, 0.15) is 17.3 Å². The molecule has 2 aromatic heterocycles. The Morgan fingerprint density at radius 2 is 2.25 bits per heavy atom. The number of rotatable bonds is 6. The number of carbonyl (C=O) groups excluding carboxylic acids is 1. The average molecular weight is 274 g/mol. The van der Waals surface area contributed by atoms with Crippen LogP contribution in [0.25, 0.3) is 0 Å². The second-order valence-corrected chi connectivity index (χ2v) is 4.28. The van der Waals surface area contributed by atoms with Crippen molar-refractivity contribution >= 4 is 11.7 Å². The molecule has 0 saturated carbocycles. The van der Waals surface area contributed by atoms with Gasteiger partial charge in [-0.05, 0) is 6.92 Å². The molecule has 0 radical (unpaired) electrons. The van der Waals surface area contributed by atoms with Gasteiger partial charge in [-0.15, -0.1) is 0 Å². The quantitative estimate of drug-likeness (QED) is 0.806. The van der Waals surface area contributed by atoms with E-state index >= 15 is 0 Å². The van der Waals surface area contributed by atoms with Crippen LogP contribution in [0.4, 0.5) is 5.82 Å². The third-order valence-corrected chi connectivity index (χ3v) is 2.78. The molecule has 0 aliphatic carbocycles. The predicted octanol–water partition coefficient (Wildman–Crippen LogP) is 0.614. The molecule has 0 aliphatic rings. The Morgan fingerprint density at radius 1 is 1.40 bits per heavy atom. The minimum Gasteiger partial charge on any atom is -0.369 e. The van der Waals surface area contributed by atoms with E-state index < -0.39 is 0 Å². The fourth-order valence-electron chi connectivity index (χ4n) is 1.76. The summed E-state index contributed by atoms with van der Waals surface area (Å²) in [7, 11) is 1.93. The summed E-state index contributed by atoms with van der Waals surface area (Å²) in [5.74, 6) is 1.30. The number of nitrogens with one attached hydrogen (secondary N) is 2. The van der Waals surface area contributed by atoms with E-state index in [-0.39, 0.29) is 5.91 Å². The molecule has 20 heavy (non-hydrogen) atoms. The number of aromatic nitrogens is 4. The number of anilines is 1. The van der Waals surface area contributed by atoms with Crippen LogP contribution in [-0.2, 0) is 13.5 Å². The van der Waals surface area contributed by atoms with Crippen LogP contribution in [0.2, 0.25) is 0 Å². The SMILES string of the molecule is CCNc1cncc(C(=O)NCCc2nccn2C)n1. The van der Waals surface area contributed by atoms with Crippen LogP contribution < -0.4 is 10.6 Å². The summed E-state index contributed by atoms with van der Waals surface area (Å²) < 4.78 is 1.93. The van der Waals surface area contributed by atoms with Crippen molar-refractivity contribution in [2.45, 2.75) is 13.3 Å². The molecule has 1 amide bonds. The van der Waals surface area contributed by atoms with Gasteiger partial charge < -0.3 is 15.2 Å². The minimum absolute atomic E-state index is 0.230. The van der Waals surface area contributed by atoms with Gasteiger partial charge in [-0.2, -0.15) is 0 Å². The van der Waals surface area contributed by atoms with Crippen molar-refractivity contribution in [2.75, 3.05) is 18.4 Å². The second kappa shape index (κ2) is 6.65. The van der Waals surface area contributed by atoms with Crippen LogP contribution in [0.5, 0.6) is 0 Å². The molecule has 0 aliphatic heterocycles. The molecule has 0 saturated heterocycles. The topological polar surface area (TPSA) is 84.7 Å². The van der Waals surface area contributed by atoms with Gasteiger partial charge in [0.15, 0.2) is 0 Å². The van der Waals surface area contributed by atoms with E-state index in [2.05, 4.69) is 25.6 Å². The fourth-order valence-corrected chi connectivity index (χ4v) is 1.76. The Bertz CT molecular complexity index is 580. The Kier molecular flexibility index (Phi) is 4.65. The van der Waals surface area contributed by atoms with Gasteiger partial charge in [0.25, 0.3) is 5.91 Å². The molecule has 106 valence electrons. The second-order valence-electron chi connectivity index (χ2n) is 4.28. The van der Waals surface area contributed by atoms with Crippen molar-refractivity contribution in [3.8, 4) is 0 Å². The van der Waals surface area contributed by atoms with Gasteiger partial charge in [0.2, 0.25) is 0 Å². The summed E-state index contributed by atoms with van der Waals surface area (Å²) in [6, 6.07) is 0. The highest BCUT2D eigenvalue weighted by Crippen LogP contribution is 2.01. The van der Waals surface area contributed by atoms with E-state index in [0.29, 0.717) is 24.5 Å². The molecule has 7 heteroatoms. The lowest BCUT2D eigenvalue weighted by Gasteiger charge is -2.06. The summed E-state index contributed by atoms with van der Waals surface area (Å²) in [5.41, 5.74) is 0.309. The largest absolute Gasteiger partial charge is 0.369 e. The summed E-state index contributed by atoms with van der Waals surface area (Å²) >= 11 is 0. The standard InChI is InChI=1S/C13H18N6O/c1-3-15-11-9-14-8-10(18-11)13(20)17-5-4-12-16-6-7-19(12)2/h6-9H,3-5H2,1-2H3,(H,15,18)(H,17,20). The molecular formula is C13H18N6O. The molecule has 2 rings (SSSR count). The van der Waals surface area contributed by atoms with Crippen molar-refractivity contribution < 1.29 is 4.79 Å². The van der Waals surface area contributed by atoms with Gasteiger partial charge in [0, 0.05) is 39.0 Å². The fraction of sp³-hybridized carbons (Fsp3) is 0.385. The van der Waals surface area contributed by atoms with Crippen LogP contribution in [-0.4, -0.2) is 38.5 Å². The van der Waals surface area contributed by atoms with E-state index in [1.54, 1.807) is 12.4 Å². The molecule has 0 aromatic carbocycles. The summed E-state index contributed by atoms with van der Waals surface area (Å²) in [6.07, 6.45) is 7.34. The number of hydrogen-bond acceptors (Lipinski definition) is 5. The van der Waals surface area contributed by atoms with Gasteiger partial charge in [-0.3, -0.25) is 9.78 Å². The number of aryl methyl sites for hydroxylation is 1. The molecule has 0 unspecified atom stereocenters. The third-order valence-electron chi connectivity index (χ3n) is 2.78. The molecule has 0 spiro atoms. The Labute approximate surface area is 117 Å². The summed E-state index contributed by atoms with van der Waals surface area (Å²) in [5, 5.41) is 5.83. The number of imidazole rings is 1. The monoisotopic (exact) mass is 274 g/mol. The van der Waals surface area contributed by atoms with Crippen molar-refractivity contribution in [2.24, 2.45) is 7.05 Å². The summed E-state index contributed by atoms with van der Waals surface area (Å²) in [6.45, 7) is 3.21. The number of amides is 1. The first-order valence-electron chi connectivity index (χ1n) is 6.51. The number of carbonyl (C=O) groups is 1. The first kappa shape index (κ1) is 14.0. The van der Waals surface area contributed by atoms with Crippen LogP contribution >= 0.6 is 0 Å². The Hall–Kier alpha value is -2.44. The van der Waals surface area contributed by atoms with E-state index in [1.165, 1.54) is 6.20 Å². The number of nitrogens with zero attached hydrogens (tertiary/aromatic N) is 4. The van der Waals surface area contributed by atoms with Crippen molar-refractivity contribution in [3.05, 3.63) is 36.3 Å². The smallest absolute Gasteiger partial charge is 0.271 e. The average Bonchev–Trinajstić information content (AvgIpc) is 2.85. The molecule has 0 bridgehead atoms. The molecular weight excluding hydrogens is 256 g/mol. The zero-order valence-electron chi connectivity index (χ0n) is 11.6. The van der Waals surface area contributed by atoms with Crippen molar-refractivity contribution in [3.63, 3.8) is 0 Å². The van der Waals surface area contributed by atoms with E-state index in [9.17, 15) is 4.79 Å². The van der Waals surface area contributed by atoms with Gasteiger partial charge in [0.05, 0.1) is 12.4 Å². The molecule has 7 nitrogen and oxygen atoms in total. The maximum absolute atomic E-state index is 11.9. The Morgan fingerprint density at radius 3 is 2.95 bits per heavy atom. The highest BCUT2D eigenvalue weighted by molar-refractivity contribution is 5.92. The van der Waals surface area contributed by atoms with Crippen molar-refractivity contribution in [1.29, 1.82) is 0 Å². The molecule has 0 fully saturated rings. The highest BCUT2D eigenvalue weighted by atomic mass is 16.1. The maximum atomic E-state index is 11.9. The van der Waals surface area contributed by atoms with Gasteiger partial charge in [-0.1, -0.05) is 0 Å². The zero-order chi connectivity index (χ0) is 14.4. The normalized spacial score (nSPS) is 10.3. The lowest BCUT2D eigenvalue weighted by molar-refractivity contribution is 0.0948. The highest BCUT2D eigenvalue weighted by Gasteiger charge is 2.08. The van der Waals surface area contributed by atoms with Gasteiger partial charge in [-0.25, -0.2) is 9.97 Å². The maximum Gasteiger partial charge on any atom is 0.271 e. The van der Waals surface area contributed by atoms with Crippen LogP contribution in [0.1, 0.15) is 23.2 Å². The third kappa shape index (κ3) is 3.53. The van der Waals surface area contributed by atoms with E-state index in [1.807, 2.05) is 24.7 Å². The molecule has 2 heterocycles. The first-order chi connectivity index (χ1) is 9.70. The first-order valence-corrected chi connectivity index (χ1v) is 6.51. The van der Waals surface area contributed by atoms with Crippen LogP contribution in [0.3, 0.4) is 0 Å². The number of hydrogen-bond donors (Lipinski definition) is 2. The van der Waals surface area contributed by atoms with Crippen LogP contribution in [0, 0.1) is 0 Å². The predicted molar refractivity (Wildman–Crippen MR) is 75.4 cm³/mol. The molecule has 2 aromatic rings. The van der Waals surface area contributed by atoms with E-state index in [0.717, 1.165) is 12.4 Å². The lowest BCUT2D eigenvalue weighted by atomic mass is 10.3. The van der Waals surface area contributed by atoms with Crippen LogP contribution in [0.15, 0.2) is 24.8 Å². The minimum atomic E-state index is -0.230.